The lowest BCUT2D eigenvalue weighted by Gasteiger charge is -2.18. The molecule has 1 atom stereocenters. The van der Waals surface area contributed by atoms with Gasteiger partial charge in [0.15, 0.2) is 6.10 Å². The maximum Gasteiger partial charge on any atom is 0.306 e. The summed E-state index contributed by atoms with van der Waals surface area (Å²) in [4.78, 5) is 38.3. The van der Waals surface area contributed by atoms with Crippen LogP contribution < -0.4 is 0 Å². The zero-order valence-electron chi connectivity index (χ0n) is 49.3. The van der Waals surface area contributed by atoms with Crippen LogP contribution in [0.2, 0.25) is 0 Å². The minimum atomic E-state index is -0.800. The molecule has 0 aromatic rings. The Balaban J connectivity index is 4.36. The molecule has 75 heavy (non-hydrogen) atoms. The molecule has 0 rings (SSSR count). The Morgan fingerprint density at radius 2 is 0.520 bits per heavy atom. The third-order valence-corrected chi connectivity index (χ3v) is 13.5. The van der Waals surface area contributed by atoms with Crippen molar-refractivity contribution < 1.29 is 28.6 Å². The van der Waals surface area contributed by atoms with E-state index in [-0.39, 0.29) is 37.5 Å². The van der Waals surface area contributed by atoms with Gasteiger partial charge < -0.3 is 14.2 Å². The van der Waals surface area contributed by atoms with Crippen molar-refractivity contribution in [1.82, 2.24) is 0 Å². The van der Waals surface area contributed by atoms with Gasteiger partial charge in [0, 0.05) is 19.3 Å². The molecule has 0 aliphatic rings. The number of hydrogen-bond donors (Lipinski definition) is 0. The lowest BCUT2D eigenvalue weighted by atomic mass is 10.0. The minimum absolute atomic E-state index is 0.0934. The molecular weight excluding hydrogens is 925 g/mol. The quantitative estimate of drug-likeness (QED) is 0.0261. The summed E-state index contributed by atoms with van der Waals surface area (Å²) in [5, 5.41) is 0. The zero-order chi connectivity index (χ0) is 54.3. The average Bonchev–Trinajstić information content (AvgIpc) is 3.41. The van der Waals surface area contributed by atoms with Gasteiger partial charge in [-0.3, -0.25) is 14.4 Å². The maximum atomic E-state index is 12.9. The van der Waals surface area contributed by atoms with E-state index in [9.17, 15) is 14.4 Å². The van der Waals surface area contributed by atoms with Crippen molar-refractivity contribution in [1.29, 1.82) is 0 Å². The van der Waals surface area contributed by atoms with E-state index < -0.39 is 6.10 Å². The summed E-state index contributed by atoms with van der Waals surface area (Å²) in [5.74, 6) is -0.928. The van der Waals surface area contributed by atoms with E-state index in [1.54, 1.807) is 0 Å². The van der Waals surface area contributed by atoms with Crippen molar-refractivity contribution >= 4 is 17.9 Å². The number of esters is 3. The van der Waals surface area contributed by atoms with Gasteiger partial charge in [-0.1, -0.05) is 259 Å². The van der Waals surface area contributed by atoms with Gasteiger partial charge in [0.05, 0.1) is 0 Å². The third kappa shape index (κ3) is 61.1. The van der Waals surface area contributed by atoms with Crippen LogP contribution in [-0.4, -0.2) is 37.2 Å². The van der Waals surface area contributed by atoms with Gasteiger partial charge in [-0.2, -0.15) is 0 Å². The summed E-state index contributed by atoms with van der Waals surface area (Å²) >= 11 is 0. The van der Waals surface area contributed by atoms with Gasteiger partial charge in [0.2, 0.25) is 0 Å². The van der Waals surface area contributed by atoms with Gasteiger partial charge in [-0.15, -0.1) is 0 Å². The van der Waals surface area contributed by atoms with Crippen LogP contribution in [0.15, 0.2) is 97.2 Å². The molecule has 0 aromatic heterocycles. The molecule has 6 heteroatoms. The Bertz CT molecular complexity index is 1480. The second-order valence-corrected chi connectivity index (χ2v) is 20.9. The molecule has 0 aromatic carbocycles. The molecular formula is C69H118O6. The zero-order valence-corrected chi connectivity index (χ0v) is 49.3. The second-order valence-electron chi connectivity index (χ2n) is 20.9. The Morgan fingerprint density at radius 1 is 0.280 bits per heavy atom. The molecule has 0 bridgehead atoms. The van der Waals surface area contributed by atoms with Crippen molar-refractivity contribution in [2.75, 3.05) is 13.2 Å². The van der Waals surface area contributed by atoms with Gasteiger partial charge >= 0.3 is 17.9 Å². The molecule has 0 aliphatic heterocycles. The Hall–Kier alpha value is -3.67. The lowest BCUT2D eigenvalue weighted by Crippen LogP contribution is -2.30. The van der Waals surface area contributed by atoms with Crippen molar-refractivity contribution in [2.24, 2.45) is 0 Å². The van der Waals surface area contributed by atoms with E-state index >= 15 is 0 Å². The summed E-state index contributed by atoms with van der Waals surface area (Å²) in [6, 6.07) is 0. The van der Waals surface area contributed by atoms with Crippen LogP contribution in [0.25, 0.3) is 0 Å². The molecule has 0 radical (unpaired) electrons. The fourth-order valence-corrected chi connectivity index (χ4v) is 8.79. The first kappa shape index (κ1) is 71.3. The SMILES string of the molecule is CC/C=C\C/C=C\C/C=C\C/C=C\C/C=C\CCCCCC(=O)OC(COC(=O)CCCCCCC/C=C\CCCCCC)COC(=O)CCCCCCCCCCCCCCC/C=C\C/C=C\CCCCCCC. The van der Waals surface area contributed by atoms with E-state index in [0.29, 0.717) is 12.8 Å². The van der Waals surface area contributed by atoms with Crippen LogP contribution in [0.3, 0.4) is 0 Å². The van der Waals surface area contributed by atoms with E-state index in [2.05, 4.69) is 118 Å². The van der Waals surface area contributed by atoms with E-state index in [0.717, 1.165) is 109 Å². The number of ether oxygens (including phenoxy) is 3. The van der Waals surface area contributed by atoms with Crippen LogP contribution in [0.5, 0.6) is 0 Å². The smallest absolute Gasteiger partial charge is 0.306 e. The van der Waals surface area contributed by atoms with Crippen LogP contribution in [0.1, 0.15) is 303 Å². The lowest BCUT2D eigenvalue weighted by molar-refractivity contribution is -0.167. The van der Waals surface area contributed by atoms with Crippen LogP contribution in [0.4, 0.5) is 0 Å². The molecule has 6 nitrogen and oxygen atoms in total. The Morgan fingerprint density at radius 3 is 0.853 bits per heavy atom. The summed E-state index contributed by atoms with van der Waals surface area (Å²) < 4.78 is 16.9. The molecule has 0 spiro atoms. The third-order valence-electron chi connectivity index (χ3n) is 13.5. The highest BCUT2D eigenvalue weighted by Gasteiger charge is 2.19. The van der Waals surface area contributed by atoms with Crippen molar-refractivity contribution in [3.8, 4) is 0 Å². The normalized spacial score (nSPS) is 12.7. The summed E-state index contributed by atoms with van der Waals surface area (Å²) in [7, 11) is 0. The molecule has 0 heterocycles. The summed E-state index contributed by atoms with van der Waals surface area (Å²) in [6.45, 7) is 6.49. The van der Waals surface area contributed by atoms with Crippen LogP contribution in [0, 0.1) is 0 Å². The highest BCUT2D eigenvalue weighted by atomic mass is 16.6. The predicted molar refractivity (Wildman–Crippen MR) is 325 cm³/mol. The van der Waals surface area contributed by atoms with Crippen LogP contribution in [-0.2, 0) is 28.6 Å². The van der Waals surface area contributed by atoms with E-state index in [1.807, 2.05) is 0 Å². The first-order valence-electron chi connectivity index (χ1n) is 31.7. The monoisotopic (exact) mass is 1040 g/mol. The molecule has 430 valence electrons. The van der Waals surface area contributed by atoms with Crippen LogP contribution >= 0.6 is 0 Å². The van der Waals surface area contributed by atoms with Gasteiger partial charge in [-0.05, 0) is 122 Å². The molecule has 0 fully saturated rings. The standard InChI is InChI=1S/C69H118O6/c1-4-7-10-13-16-19-22-25-27-29-31-32-33-34-35-36-38-39-41-44-47-50-53-56-59-62-68(71)74-65-66(64-73-67(70)61-58-55-52-49-46-43-24-21-18-15-12-9-6-3)75-69(72)63-60-57-54-51-48-45-42-40-37-30-28-26-23-20-17-14-11-8-5-2/h8,11,17,20-22,24-26,28-29,31,37,40,45,48,66H,4-7,9-10,12-16,18-19,23,27,30,32-36,38-39,41-44,46-47,49-65H2,1-3H3/b11-8-,20-17-,24-21-,25-22-,28-26-,31-29-,40-37-,48-45-. The van der Waals surface area contributed by atoms with Gasteiger partial charge in [0.25, 0.3) is 0 Å². The number of rotatable bonds is 57. The summed E-state index contributed by atoms with van der Waals surface area (Å²) in [5.41, 5.74) is 0. The number of carbonyl (C=O) groups excluding carboxylic acids is 3. The second kappa shape index (κ2) is 62.9. The molecule has 0 saturated heterocycles. The minimum Gasteiger partial charge on any atom is -0.462 e. The fourth-order valence-electron chi connectivity index (χ4n) is 8.79. The van der Waals surface area contributed by atoms with Crippen molar-refractivity contribution in [3.63, 3.8) is 0 Å². The molecule has 0 amide bonds. The van der Waals surface area contributed by atoms with E-state index in [4.69, 9.17) is 14.2 Å². The average molecular weight is 1040 g/mol. The summed E-state index contributed by atoms with van der Waals surface area (Å²) in [6.07, 6.45) is 84.1. The molecule has 0 saturated carbocycles. The maximum absolute atomic E-state index is 12.9. The van der Waals surface area contributed by atoms with Gasteiger partial charge in [-0.25, -0.2) is 0 Å². The number of carbonyl (C=O) groups is 3. The number of hydrogen-bond acceptors (Lipinski definition) is 6. The fraction of sp³-hybridized carbons (Fsp3) is 0.725. The highest BCUT2D eigenvalue weighted by molar-refractivity contribution is 5.71. The number of unbranched alkanes of at least 4 members (excludes halogenated alkanes) is 30. The van der Waals surface area contributed by atoms with E-state index in [1.165, 1.54) is 154 Å². The van der Waals surface area contributed by atoms with Crippen molar-refractivity contribution in [2.45, 2.75) is 309 Å². The largest absolute Gasteiger partial charge is 0.462 e. The highest BCUT2D eigenvalue weighted by Crippen LogP contribution is 2.16. The predicted octanol–water partition coefficient (Wildman–Crippen LogP) is 21.7. The Labute approximate surface area is 464 Å². The number of allylic oxidation sites excluding steroid dienone is 16. The molecule has 0 aliphatic carbocycles. The first-order valence-corrected chi connectivity index (χ1v) is 31.7. The van der Waals surface area contributed by atoms with Crippen molar-refractivity contribution in [3.05, 3.63) is 97.2 Å². The molecule has 0 N–H and O–H groups in total. The molecule has 1 unspecified atom stereocenters. The topological polar surface area (TPSA) is 78.9 Å². The Kier molecular flexibility index (Phi) is 59.8. The van der Waals surface area contributed by atoms with Gasteiger partial charge in [0.1, 0.15) is 13.2 Å². The first-order chi connectivity index (χ1) is 37.0.